The van der Waals surface area contributed by atoms with Crippen LogP contribution in [0, 0.1) is 23.2 Å². The first-order chi connectivity index (χ1) is 12.8. The highest BCUT2D eigenvalue weighted by Gasteiger charge is 2.48. The highest BCUT2D eigenvalue weighted by molar-refractivity contribution is 6.03. The van der Waals surface area contributed by atoms with Gasteiger partial charge in [-0.2, -0.15) is 18.4 Å². The van der Waals surface area contributed by atoms with Gasteiger partial charge in [0.15, 0.2) is 0 Å². The van der Waals surface area contributed by atoms with Crippen molar-refractivity contribution < 1.29 is 22.8 Å². The van der Waals surface area contributed by atoms with Crippen LogP contribution in [-0.4, -0.2) is 11.8 Å². The molecule has 138 valence electrons. The molecule has 0 heterocycles. The third-order valence-corrected chi connectivity index (χ3v) is 4.25. The predicted octanol–water partition coefficient (Wildman–Crippen LogP) is 3.79. The third kappa shape index (κ3) is 4.26. The Kier molecular flexibility index (Phi) is 4.86. The van der Waals surface area contributed by atoms with Gasteiger partial charge in [-0.1, -0.05) is 12.1 Å². The van der Waals surface area contributed by atoms with E-state index in [1.54, 1.807) is 24.3 Å². The first kappa shape index (κ1) is 18.5. The molecule has 0 saturated heterocycles. The fourth-order valence-electron chi connectivity index (χ4n) is 2.67. The molecule has 3 rings (SSSR count). The molecular formula is C19H14F3N3O2. The molecule has 1 saturated carbocycles. The molecule has 8 heteroatoms. The summed E-state index contributed by atoms with van der Waals surface area (Å²) in [5.74, 6) is -1.89. The molecule has 2 aromatic carbocycles. The lowest BCUT2D eigenvalue weighted by molar-refractivity contribution is -0.137. The summed E-state index contributed by atoms with van der Waals surface area (Å²) in [7, 11) is 0. The molecule has 2 N–H and O–H groups in total. The maximum atomic E-state index is 12.5. The molecule has 2 aromatic rings. The van der Waals surface area contributed by atoms with Crippen molar-refractivity contribution in [3.8, 4) is 6.07 Å². The maximum absolute atomic E-state index is 12.5. The highest BCUT2D eigenvalue weighted by atomic mass is 19.4. The number of amides is 2. The number of carbonyl (C=O) groups is 2. The lowest BCUT2D eigenvalue weighted by Crippen LogP contribution is -2.21. The number of carbonyl (C=O) groups excluding carboxylic acids is 2. The summed E-state index contributed by atoms with van der Waals surface area (Å²) in [5, 5.41) is 14.2. The smallest absolute Gasteiger partial charge is 0.326 e. The molecule has 0 aromatic heterocycles. The zero-order valence-electron chi connectivity index (χ0n) is 13.9. The van der Waals surface area contributed by atoms with E-state index >= 15 is 0 Å². The Balaban J connectivity index is 1.57. The number of alkyl halides is 3. The number of benzene rings is 2. The van der Waals surface area contributed by atoms with E-state index in [-0.39, 0.29) is 11.6 Å². The molecule has 1 fully saturated rings. The van der Waals surface area contributed by atoms with Crippen LogP contribution in [-0.2, 0) is 15.8 Å². The molecule has 1 aliphatic rings. The maximum Gasteiger partial charge on any atom is 0.416 e. The Bertz CT molecular complexity index is 917. The van der Waals surface area contributed by atoms with Crippen molar-refractivity contribution in [3.63, 3.8) is 0 Å². The van der Waals surface area contributed by atoms with Crippen LogP contribution in [0.25, 0.3) is 0 Å². The molecule has 0 aliphatic heterocycles. The van der Waals surface area contributed by atoms with E-state index in [1.165, 1.54) is 12.1 Å². The van der Waals surface area contributed by atoms with Crippen LogP contribution in [0.1, 0.15) is 17.5 Å². The first-order valence-corrected chi connectivity index (χ1v) is 8.07. The first-order valence-electron chi connectivity index (χ1n) is 8.07. The van der Waals surface area contributed by atoms with Gasteiger partial charge in [0, 0.05) is 5.69 Å². The lowest BCUT2D eigenvalue weighted by Gasteiger charge is -2.09. The van der Waals surface area contributed by atoms with Crippen LogP contribution in [0.3, 0.4) is 0 Å². The fourth-order valence-corrected chi connectivity index (χ4v) is 2.67. The number of hydrogen-bond acceptors (Lipinski definition) is 3. The molecule has 1 aliphatic carbocycles. The zero-order chi connectivity index (χ0) is 19.6. The normalized spacial score (nSPS) is 18.3. The number of hydrogen-bond donors (Lipinski definition) is 2. The van der Waals surface area contributed by atoms with Gasteiger partial charge in [0.2, 0.25) is 11.8 Å². The standard InChI is InChI=1S/C19H14F3N3O2/c20-19(21,22)12-5-7-13(8-6-12)24-17(26)14-9-15(14)18(27)25-16-4-2-1-3-11(16)10-23/h1-8,14-15H,9H2,(H,24,26)(H,25,27). The molecule has 5 nitrogen and oxygen atoms in total. The SMILES string of the molecule is N#Cc1ccccc1NC(=O)C1CC1C(=O)Nc1ccc(C(F)(F)F)cc1. The second-order valence-electron chi connectivity index (χ2n) is 6.16. The van der Waals surface area contributed by atoms with E-state index < -0.39 is 29.5 Å². The van der Waals surface area contributed by atoms with E-state index in [0.717, 1.165) is 12.1 Å². The average Bonchev–Trinajstić information content (AvgIpc) is 3.43. The van der Waals surface area contributed by atoms with Gasteiger partial charge >= 0.3 is 6.18 Å². The molecule has 0 spiro atoms. The van der Waals surface area contributed by atoms with Gasteiger partial charge in [0.05, 0.1) is 28.7 Å². The quantitative estimate of drug-likeness (QED) is 0.855. The topological polar surface area (TPSA) is 82.0 Å². The molecular weight excluding hydrogens is 359 g/mol. The van der Waals surface area contributed by atoms with E-state index in [0.29, 0.717) is 17.7 Å². The Labute approximate surface area is 152 Å². The highest BCUT2D eigenvalue weighted by Crippen LogP contribution is 2.40. The van der Waals surface area contributed by atoms with Crippen molar-refractivity contribution in [2.75, 3.05) is 10.6 Å². The number of rotatable bonds is 4. The van der Waals surface area contributed by atoms with Gasteiger partial charge in [0.25, 0.3) is 0 Å². The van der Waals surface area contributed by atoms with E-state index in [9.17, 15) is 22.8 Å². The van der Waals surface area contributed by atoms with E-state index in [1.807, 2.05) is 6.07 Å². The number of nitrogens with one attached hydrogen (secondary N) is 2. The average molecular weight is 373 g/mol. The summed E-state index contributed by atoms with van der Waals surface area (Å²) in [4.78, 5) is 24.4. The van der Waals surface area contributed by atoms with Crippen molar-refractivity contribution in [2.24, 2.45) is 11.8 Å². The van der Waals surface area contributed by atoms with Crippen molar-refractivity contribution in [3.05, 3.63) is 59.7 Å². The largest absolute Gasteiger partial charge is 0.416 e. The molecule has 0 radical (unpaired) electrons. The number of para-hydroxylation sites is 1. The minimum absolute atomic E-state index is 0.230. The monoisotopic (exact) mass is 373 g/mol. The number of nitrogens with zero attached hydrogens (tertiary/aromatic N) is 1. The predicted molar refractivity (Wildman–Crippen MR) is 91.5 cm³/mol. The fraction of sp³-hybridized carbons (Fsp3) is 0.211. The third-order valence-electron chi connectivity index (χ3n) is 4.25. The summed E-state index contributed by atoms with van der Waals surface area (Å²) in [6.07, 6.45) is -4.10. The van der Waals surface area contributed by atoms with Crippen molar-refractivity contribution in [1.29, 1.82) is 5.26 Å². The Hall–Kier alpha value is -3.34. The van der Waals surface area contributed by atoms with Crippen LogP contribution in [0.15, 0.2) is 48.5 Å². The van der Waals surface area contributed by atoms with Gasteiger partial charge in [-0.15, -0.1) is 0 Å². The van der Waals surface area contributed by atoms with Gasteiger partial charge in [-0.3, -0.25) is 9.59 Å². The Morgan fingerprint density at radius 3 is 2.15 bits per heavy atom. The van der Waals surface area contributed by atoms with E-state index in [4.69, 9.17) is 5.26 Å². The van der Waals surface area contributed by atoms with Crippen LogP contribution < -0.4 is 10.6 Å². The lowest BCUT2D eigenvalue weighted by atomic mass is 10.2. The summed E-state index contributed by atoms with van der Waals surface area (Å²) in [5.41, 5.74) is 0.116. The molecule has 27 heavy (non-hydrogen) atoms. The number of halogens is 3. The zero-order valence-corrected chi connectivity index (χ0v) is 13.9. The minimum Gasteiger partial charge on any atom is -0.326 e. The molecule has 2 atom stereocenters. The van der Waals surface area contributed by atoms with Crippen molar-refractivity contribution in [1.82, 2.24) is 0 Å². The number of anilines is 2. The second-order valence-corrected chi connectivity index (χ2v) is 6.16. The van der Waals surface area contributed by atoms with Crippen LogP contribution >= 0.6 is 0 Å². The van der Waals surface area contributed by atoms with E-state index in [2.05, 4.69) is 10.6 Å². The Morgan fingerprint density at radius 1 is 0.963 bits per heavy atom. The summed E-state index contributed by atoms with van der Waals surface area (Å²) < 4.78 is 37.6. The van der Waals surface area contributed by atoms with Gasteiger partial charge in [-0.05, 0) is 42.8 Å². The number of nitriles is 1. The minimum atomic E-state index is -4.44. The summed E-state index contributed by atoms with van der Waals surface area (Å²) in [6.45, 7) is 0. The summed E-state index contributed by atoms with van der Waals surface area (Å²) >= 11 is 0. The van der Waals surface area contributed by atoms with Crippen molar-refractivity contribution in [2.45, 2.75) is 12.6 Å². The molecule has 2 unspecified atom stereocenters. The molecule has 2 amide bonds. The molecule has 0 bridgehead atoms. The van der Waals surface area contributed by atoms with Gasteiger partial charge in [0.1, 0.15) is 6.07 Å². The second kappa shape index (κ2) is 7.11. The van der Waals surface area contributed by atoms with Crippen molar-refractivity contribution >= 4 is 23.2 Å². The van der Waals surface area contributed by atoms with Gasteiger partial charge < -0.3 is 10.6 Å². The van der Waals surface area contributed by atoms with Gasteiger partial charge in [-0.25, -0.2) is 0 Å². The summed E-state index contributed by atoms with van der Waals surface area (Å²) in [6, 6.07) is 12.6. The van der Waals surface area contributed by atoms with Crippen LogP contribution in [0.4, 0.5) is 24.5 Å². The van der Waals surface area contributed by atoms with Crippen LogP contribution in [0.2, 0.25) is 0 Å². The Morgan fingerprint density at radius 2 is 1.56 bits per heavy atom. The van der Waals surface area contributed by atoms with Crippen LogP contribution in [0.5, 0.6) is 0 Å².